The maximum absolute atomic E-state index is 12.0. The van der Waals surface area contributed by atoms with E-state index in [0.29, 0.717) is 13.0 Å². The van der Waals surface area contributed by atoms with Gasteiger partial charge in [-0.3, -0.25) is 14.5 Å². The van der Waals surface area contributed by atoms with Crippen LogP contribution in [0, 0.1) is 0 Å². The molecule has 1 saturated heterocycles. The number of likely N-dealkylation sites (tertiary alicyclic amines) is 1. The Bertz CT molecular complexity index is 451. The second-order valence-corrected chi connectivity index (χ2v) is 5.45. The van der Waals surface area contributed by atoms with Crippen molar-refractivity contribution in [3.63, 3.8) is 0 Å². The second-order valence-electron chi connectivity index (χ2n) is 5.45. The van der Waals surface area contributed by atoms with Crippen molar-refractivity contribution in [3.8, 4) is 0 Å². The molecule has 1 aromatic rings. The van der Waals surface area contributed by atoms with Crippen molar-refractivity contribution in [2.45, 2.75) is 32.2 Å². The lowest BCUT2D eigenvalue weighted by Crippen LogP contribution is -2.45. The minimum absolute atomic E-state index is 0.0311. The van der Waals surface area contributed by atoms with Gasteiger partial charge in [-0.25, -0.2) is 0 Å². The van der Waals surface area contributed by atoms with Gasteiger partial charge in [0.2, 0.25) is 5.91 Å². The smallest absolute Gasteiger partial charge is 0.217 e. The molecule has 0 radical (unpaired) electrons. The third-order valence-corrected chi connectivity index (χ3v) is 3.64. The van der Waals surface area contributed by atoms with Crippen LogP contribution in [0.3, 0.4) is 0 Å². The molecule has 1 heterocycles. The molecule has 1 aliphatic heterocycles. The minimum Gasteiger partial charge on any atom is -0.354 e. The van der Waals surface area contributed by atoms with E-state index >= 15 is 0 Å². The Balaban J connectivity index is 1.72. The van der Waals surface area contributed by atoms with Crippen LogP contribution in [0.25, 0.3) is 0 Å². The molecule has 1 N–H and O–H groups in total. The van der Waals surface area contributed by atoms with Crippen LogP contribution in [0.1, 0.15) is 25.3 Å². The molecule has 108 valence electrons. The number of nitrogens with one attached hydrogen (secondary N) is 1. The zero-order valence-corrected chi connectivity index (χ0v) is 12.0. The highest BCUT2D eigenvalue weighted by molar-refractivity contribution is 5.82. The molecule has 0 aromatic heterocycles. The summed E-state index contributed by atoms with van der Waals surface area (Å²) in [5.41, 5.74) is 1.07. The molecule has 0 aliphatic carbocycles. The monoisotopic (exact) mass is 274 g/mol. The summed E-state index contributed by atoms with van der Waals surface area (Å²) in [6, 6.07) is 10.1. The lowest BCUT2D eigenvalue weighted by Gasteiger charge is -2.31. The van der Waals surface area contributed by atoms with Gasteiger partial charge in [-0.1, -0.05) is 30.3 Å². The van der Waals surface area contributed by atoms with Crippen LogP contribution in [0.15, 0.2) is 30.3 Å². The maximum Gasteiger partial charge on any atom is 0.217 e. The molecule has 1 aliphatic rings. The Kier molecular flexibility index (Phi) is 5.30. The maximum atomic E-state index is 12.0. The highest BCUT2D eigenvalue weighted by Gasteiger charge is 2.21. The molecule has 4 heteroatoms. The summed E-state index contributed by atoms with van der Waals surface area (Å²) in [6.07, 6.45) is 2.36. The summed E-state index contributed by atoms with van der Waals surface area (Å²) in [7, 11) is 0. The van der Waals surface area contributed by atoms with Crippen LogP contribution in [0.5, 0.6) is 0 Å². The predicted octanol–water partition coefficient (Wildman–Crippen LogP) is 1.40. The third-order valence-electron chi connectivity index (χ3n) is 3.64. The molecular weight excluding hydrogens is 252 g/mol. The molecule has 20 heavy (non-hydrogen) atoms. The Labute approximate surface area is 120 Å². The first kappa shape index (κ1) is 14.7. The van der Waals surface area contributed by atoms with Crippen molar-refractivity contribution in [2.24, 2.45) is 0 Å². The van der Waals surface area contributed by atoms with E-state index in [-0.39, 0.29) is 17.7 Å². The number of ketones is 1. The van der Waals surface area contributed by atoms with E-state index in [0.717, 1.165) is 31.5 Å². The molecule has 0 bridgehead atoms. The van der Waals surface area contributed by atoms with Crippen molar-refractivity contribution in [1.82, 2.24) is 10.2 Å². The topological polar surface area (TPSA) is 49.4 Å². The van der Waals surface area contributed by atoms with Crippen molar-refractivity contribution in [1.29, 1.82) is 0 Å². The first-order valence-corrected chi connectivity index (χ1v) is 7.18. The SMILES string of the molecule is CC(=O)NC1CCN(CC(=O)Cc2ccccc2)CC1. The average molecular weight is 274 g/mol. The van der Waals surface area contributed by atoms with Gasteiger partial charge in [-0.2, -0.15) is 0 Å². The first-order valence-electron chi connectivity index (χ1n) is 7.18. The zero-order valence-electron chi connectivity index (χ0n) is 12.0. The van der Waals surface area contributed by atoms with E-state index in [1.54, 1.807) is 6.92 Å². The van der Waals surface area contributed by atoms with Crippen LogP contribution in [-0.4, -0.2) is 42.3 Å². The van der Waals surface area contributed by atoms with Crippen LogP contribution in [0.4, 0.5) is 0 Å². The van der Waals surface area contributed by atoms with E-state index in [2.05, 4.69) is 10.2 Å². The lowest BCUT2D eigenvalue weighted by atomic mass is 10.0. The number of hydrogen-bond donors (Lipinski definition) is 1. The van der Waals surface area contributed by atoms with E-state index in [1.807, 2.05) is 30.3 Å². The van der Waals surface area contributed by atoms with Crippen LogP contribution < -0.4 is 5.32 Å². The number of Topliss-reactive ketones (excluding diaryl/α,β-unsaturated/α-hetero) is 1. The molecule has 0 spiro atoms. The predicted molar refractivity (Wildman–Crippen MR) is 78.4 cm³/mol. The molecule has 0 saturated carbocycles. The van der Waals surface area contributed by atoms with Gasteiger partial charge in [0.05, 0.1) is 6.54 Å². The third kappa shape index (κ3) is 4.78. The number of benzene rings is 1. The fourth-order valence-corrected chi connectivity index (χ4v) is 2.65. The fraction of sp³-hybridized carbons (Fsp3) is 0.500. The van der Waals surface area contributed by atoms with E-state index in [1.165, 1.54) is 0 Å². The van der Waals surface area contributed by atoms with E-state index in [9.17, 15) is 9.59 Å². The number of carbonyl (C=O) groups is 2. The van der Waals surface area contributed by atoms with Gasteiger partial charge in [-0.15, -0.1) is 0 Å². The zero-order chi connectivity index (χ0) is 14.4. The van der Waals surface area contributed by atoms with E-state index in [4.69, 9.17) is 0 Å². The summed E-state index contributed by atoms with van der Waals surface area (Å²) < 4.78 is 0. The van der Waals surface area contributed by atoms with Crippen LogP contribution in [-0.2, 0) is 16.0 Å². The Hall–Kier alpha value is -1.68. The van der Waals surface area contributed by atoms with Crippen molar-refractivity contribution in [3.05, 3.63) is 35.9 Å². The molecular formula is C16H22N2O2. The van der Waals surface area contributed by atoms with Crippen LogP contribution in [0.2, 0.25) is 0 Å². The number of amides is 1. The van der Waals surface area contributed by atoms with Gasteiger partial charge in [0, 0.05) is 32.5 Å². The number of carbonyl (C=O) groups excluding carboxylic acids is 2. The summed E-state index contributed by atoms with van der Waals surface area (Å²) >= 11 is 0. The minimum atomic E-state index is 0.0311. The highest BCUT2D eigenvalue weighted by atomic mass is 16.1. The number of hydrogen-bond acceptors (Lipinski definition) is 3. The first-order chi connectivity index (χ1) is 9.63. The highest BCUT2D eigenvalue weighted by Crippen LogP contribution is 2.10. The number of piperidine rings is 1. The van der Waals surface area contributed by atoms with Gasteiger partial charge in [0.15, 0.2) is 5.78 Å². The number of rotatable bonds is 5. The van der Waals surface area contributed by atoms with Crippen molar-refractivity contribution in [2.75, 3.05) is 19.6 Å². The van der Waals surface area contributed by atoms with Gasteiger partial charge >= 0.3 is 0 Å². The van der Waals surface area contributed by atoms with E-state index < -0.39 is 0 Å². The standard InChI is InChI=1S/C16H22N2O2/c1-13(19)17-15-7-9-18(10-8-15)12-16(20)11-14-5-3-2-4-6-14/h2-6,15H,7-12H2,1H3,(H,17,19). The second kappa shape index (κ2) is 7.20. The van der Waals surface area contributed by atoms with Gasteiger partial charge in [0.25, 0.3) is 0 Å². The van der Waals surface area contributed by atoms with Gasteiger partial charge in [0.1, 0.15) is 0 Å². The molecule has 1 aromatic carbocycles. The summed E-state index contributed by atoms with van der Waals surface area (Å²) in [5.74, 6) is 0.290. The summed E-state index contributed by atoms with van der Waals surface area (Å²) in [6.45, 7) is 3.83. The summed E-state index contributed by atoms with van der Waals surface area (Å²) in [4.78, 5) is 25.2. The molecule has 0 unspecified atom stereocenters. The quantitative estimate of drug-likeness (QED) is 0.883. The van der Waals surface area contributed by atoms with Crippen molar-refractivity contribution < 1.29 is 9.59 Å². The lowest BCUT2D eigenvalue weighted by molar-refractivity contribution is -0.121. The molecule has 0 atom stereocenters. The molecule has 4 nitrogen and oxygen atoms in total. The Morgan fingerprint density at radius 1 is 1.20 bits per heavy atom. The van der Waals surface area contributed by atoms with Gasteiger partial charge in [-0.05, 0) is 18.4 Å². The largest absolute Gasteiger partial charge is 0.354 e. The Morgan fingerprint density at radius 2 is 1.85 bits per heavy atom. The fourth-order valence-electron chi connectivity index (χ4n) is 2.65. The molecule has 2 rings (SSSR count). The molecule has 1 fully saturated rings. The number of nitrogens with zero attached hydrogens (tertiary/aromatic N) is 1. The van der Waals surface area contributed by atoms with Crippen molar-refractivity contribution >= 4 is 11.7 Å². The van der Waals surface area contributed by atoms with Crippen LogP contribution >= 0.6 is 0 Å². The van der Waals surface area contributed by atoms with Gasteiger partial charge < -0.3 is 5.32 Å². The molecule has 1 amide bonds. The average Bonchev–Trinajstić information content (AvgIpc) is 2.41. The summed E-state index contributed by atoms with van der Waals surface area (Å²) in [5, 5.41) is 2.94. The Morgan fingerprint density at radius 3 is 2.45 bits per heavy atom. The normalized spacial score (nSPS) is 16.9.